The minimum Gasteiger partial charge on any atom is -0.497 e. The van der Waals surface area contributed by atoms with Crippen LogP contribution in [0.1, 0.15) is 35.6 Å². The molecule has 0 spiro atoms. The molecular formula is C21H22N4O4. The third-order valence-corrected chi connectivity index (χ3v) is 5.17. The maximum absolute atomic E-state index is 13.3. The van der Waals surface area contributed by atoms with Crippen LogP contribution in [0.3, 0.4) is 0 Å². The summed E-state index contributed by atoms with van der Waals surface area (Å²) in [6, 6.07) is 13.0. The van der Waals surface area contributed by atoms with E-state index in [1.807, 2.05) is 49.4 Å². The van der Waals surface area contributed by atoms with Crippen molar-refractivity contribution in [3.05, 3.63) is 75.7 Å². The van der Waals surface area contributed by atoms with Crippen molar-refractivity contribution in [2.24, 2.45) is 5.11 Å². The summed E-state index contributed by atoms with van der Waals surface area (Å²) < 4.78 is 10.4. The lowest BCUT2D eigenvalue weighted by Crippen LogP contribution is -2.42. The number of carbonyl (C=O) groups excluding carboxylic acids is 2. The molecule has 150 valence electrons. The van der Waals surface area contributed by atoms with Gasteiger partial charge in [0, 0.05) is 4.91 Å². The van der Waals surface area contributed by atoms with Crippen LogP contribution in [-0.4, -0.2) is 36.7 Å². The minimum atomic E-state index is -1.09. The second kappa shape index (κ2) is 8.67. The average Bonchev–Trinajstić information content (AvgIpc) is 3.13. The maximum Gasteiger partial charge on any atom is 0.417 e. The zero-order chi connectivity index (χ0) is 21.0. The summed E-state index contributed by atoms with van der Waals surface area (Å²) >= 11 is 0. The van der Waals surface area contributed by atoms with Crippen molar-refractivity contribution in [1.82, 2.24) is 4.90 Å². The van der Waals surface area contributed by atoms with Crippen LogP contribution in [-0.2, 0) is 9.53 Å². The Bertz CT molecular complexity index is 956. The molecule has 2 aromatic rings. The van der Waals surface area contributed by atoms with Crippen LogP contribution in [0.2, 0.25) is 0 Å². The van der Waals surface area contributed by atoms with Crippen molar-refractivity contribution >= 4 is 12.0 Å². The molecule has 2 amide bonds. The zero-order valence-corrected chi connectivity index (χ0v) is 16.5. The molecule has 1 heterocycles. The first-order valence-corrected chi connectivity index (χ1v) is 9.21. The lowest BCUT2D eigenvalue weighted by molar-refractivity contribution is -0.131. The van der Waals surface area contributed by atoms with Crippen LogP contribution in [0.5, 0.6) is 5.75 Å². The molecule has 1 saturated heterocycles. The number of benzene rings is 2. The van der Waals surface area contributed by atoms with E-state index in [1.54, 1.807) is 20.1 Å². The van der Waals surface area contributed by atoms with E-state index in [-0.39, 0.29) is 6.61 Å². The summed E-state index contributed by atoms with van der Waals surface area (Å²) in [6.07, 6.45) is -0.736. The molecule has 3 atom stereocenters. The Kier molecular flexibility index (Phi) is 6.04. The second-order valence-electron chi connectivity index (χ2n) is 6.87. The first-order chi connectivity index (χ1) is 14.0. The molecule has 3 unspecified atom stereocenters. The van der Waals surface area contributed by atoms with E-state index in [4.69, 9.17) is 15.0 Å². The Balaban J connectivity index is 1.94. The molecule has 8 nitrogen and oxygen atoms in total. The molecule has 8 heteroatoms. The van der Waals surface area contributed by atoms with E-state index in [1.165, 1.54) is 0 Å². The zero-order valence-electron chi connectivity index (χ0n) is 16.5. The minimum absolute atomic E-state index is 0.0630. The Morgan fingerprint density at radius 3 is 2.66 bits per heavy atom. The summed E-state index contributed by atoms with van der Waals surface area (Å²) in [5.74, 6) is -0.339. The molecule has 0 bridgehead atoms. The number of aryl methyl sites for hydroxylation is 1. The van der Waals surface area contributed by atoms with Crippen molar-refractivity contribution in [1.29, 1.82) is 0 Å². The number of nitrogens with zero attached hydrogens (tertiary/aromatic N) is 4. The van der Waals surface area contributed by atoms with Crippen LogP contribution < -0.4 is 4.74 Å². The molecule has 0 aromatic heterocycles. The van der Waals surface area contributed by atoms with Gasteiger partial charge in [-0.2, -0.15) is 0 Å². The third-order valence-electron chi connectivity index (χ3n) is 5.17. The fourth-order valence-electron chi connectivity index (χ4n) is 3.60. The maximum atomic E-state index is 13.3. The Labute approximate surface area is 168 Å². The number of imide groups is 1. The molecule has 0 aliphatic carbocycles. The first kappa shape index (κ1) is 20.2. The van der Waals surface area contributed by atoms with Gasteiger partial charge in [-0.15, -0.1) is 0 Å². The van der Waals surface area contributed by atoms with Gasteiger partial charge in [0.1, 0.15) is 24.4 Å². The van der Waals surface area contributed by atoms with Gasteiger partial charge >= 0.3 is 6.09 Å². The van der Waals surface area contributed by atoms with Gasteiger partial charge in [-0.05, 0) is 47.2 Å². The molecule has 1 aliphatic rings. The van der Waals surface area contributed by atoms with Crippen LogP contribution in [0.25, 0.3) is 10.4 Å². The normalized spacial score (nSPS) is 17.8. The standard InChI is InChI=1S/C21H22N4O4/c1-13-11-16(28-3)9-10-17(13)14(2)19(23-24-22)20(26)25-18(12-29-21(25)27)15-7-5-4-6-8-15/h4-11,14,18-19H,12H2,1-3H3. The topological polar surface area (TPSA) is 105 Å². The van der Waals surface area contributed by atoms with E-state index in [9.17, 15) is 9.59 Å². The summed E-state index contributed by atoms with van der Waals surface area (Å²) in [6.45, 7) is 3.75. The van der Waals surface area contributed by atoms with Gasteiger partial charge in [0.05, 0.1) is 7.11 Å². The van der Waals surface area contributed by atoms with Gasteiger partial charge in [-0.25, -0.2) is 9.69 Å². The molecule has 29 heavy (non-hydrogen) atoms. The first-order valence-electron chi connectivity index (χ1n) is 9.21. The number of hydrogen-bond donors (Lipinski definition) is 0. The number of rotatable bonds is 6. The van der Waals surface area contributed by atoms with Crippen molar-refractivity contribution in [2.45, 2.75) is 31.8 Å². The number of ether oxygens (including phenoxy) is 2. The smallest absolute Gasteiger partial charge is 0.417 e. The highest BCUT2D eigenvalue weighted by molar-refractivity contribution is 5.97. The van der Waals surface area contributed by atoms with E-state index in [0.717, 1.165) is 21.6 Å². The van der Waals surface area contributed by atoms with Crippen molar-refractivity contribution in [2.75, 3.05) is 13.7 Å². The van der Waals surface area contributed by atoms with Crippen molar-refractivity contribution < 1.29 is 19.1 Å². The number of hydrogen-bond acceptors (Lipinski definition) is 5. The number of methoxy groups -OCH3 is 1. The Hall–Kier alpha value is -3.51. The van der Waals surface area contributed by atoms with Crippen molar-refractivity contribution in [3.63, 3.8) is 0 Å². The number of carbonyl (C=O) groups is 2. The highest BCUT2D eigenvalue weighted by Crippen LogP contribution is 2.33. The highest BCUT2D eigenvalue weighted by atomic mass is 16.6. The summed E-state index contributed by atoms with van der Waals surface area (Å²) in [5, 5.41) is 3.74. The molecule has 0 saturated carbocycles. The van der Waals surface area contributed by atoms with Gasteiger partial charge in [0.15, 0.2) is 0 Å². The predicted molar refractivity (Wildman–Crippen MR) is 106 cm³/mol. The second-order valence-corrected chi connectivity index (χ2v) is 6.87. The number of cyclic esters (lactones) is 1. The molecule has 0 radical (unpaired) electrons. The van der Waals surface area contributed by atoms with Gasteiger partial charge in [-0.1, -0.05) is 48.4 Å². The average molecular weight is 394 g/mol. The van der Waals surface area contributed by atoms with Crippen LogP contribution in [0.4, 0.5) is 4.79 Å². The summed E-state index contributed by atoms with van der Waals surface area (Å²) in [7, 11) is 1.58. The molecule has 3 rings (SSSR count). The quantitative estimate of drug-likeness (QED) is 0.408. The molecular weight excluding hydrogens is 372 g/mol. The van der Waals surface area contributed by atoms with Crippen LogP contribution in [0.15, 0.2) is 53.6 Å². The molecule has 2 aromatic carbocycles. The van der Waals surface area contributed by atoms with Crippen LogP contribution >= 0.6 is 0 Å². The van der Waals surface area contributed by atoms with E-state index in [2.05, 4.69) is 10.0 Å². The van der Waals surface area contributed by atoms with Crippen LogP contribution in [0, 0.1) is 6.92 Å². The van der Waals surface area contributed by atoms with E-state index >= 15 is 0 Å². The van der Waals surface area contributed by atoms with E-state index in [0.29, 0.717) is 5.75 Å². The molecule has 0 N–H and O–H groups in total. The highest BCUT2D eigenvalue weighted by Gasteiger charge is 2.43. The van der Waals surface area contributed by atoms with Crippen molar-refractivity contribution in [3.8, 4) is 5.75 Å². The third kappa shape index (κ3) is 4.02. The lowest BCUT2D eigenvalue weighted by atomic mass is 9.89. The predicted octanol–water partition coefficient (Wildman–Crippen LogP) is 4.51. The largest absolute Gasteiger partial charge is 0.497 e. The fraction of sp³-hybridized carbons (Fsp3) is 0.333. The molecule has 1 aliphatic heterocycles. The van der Waals surface area contributed by atoms with Gasteiger partial charge < -0.3 is 9.47 Å². The Morgan fingerprint density at radius 1 is 1.31 bits per heavy atom. The SMILES string of the molecule is COc1ccc(C(C)C(N=[N+]=[N-])C(=O)N2C(=O)OCC2c2ccccc2)c(C)c1. The Morgan fingerprint density at radius 2 is 2.03 bits per heavy atom. The number of azide groups is 1. The van der Waals surface area contributed by atoms with E-state index < -0.39 is 30.0 Å². The van der Waals surface area contributed by atoms with Gasteiger partial charge in [-0.3, -0.25) is 4.79 Å². The van der Waals surface area contributed by atoms with Gasteiger partial charge in [0.2, 0.25) is 5.91 Å². The fourth-order valence-corrected chi connectivity index (χ4v) is 3.60. The number of amides is 2. The van der Waals surface area contributed by atoms with Gasteiger partial charge in [0.25, 0.3) is 0 Å². The monoisotopic (exact) mass is 394 g/mol. The summed E-state index contributed by atoms with van der Waals surface area (Å²) in [4.78, 5) is 29.6. The molecule has 1 fully saturated rings. The summed E-state index contributed by atoms with van der Waals surface area (Å²) in [5.41, 5.74) is 11.6. The lowest BCUT2D eigenvalue weighted by Gasteiger charge is -2.27.